The van der Waals surface area contributed by atoms with E-state index in [2.05, 4.69) is 27.5 Å². The summed E-state index contributed by atoms with van der Waals surface area (Å²) >= 11 is 0. The smallest absolute Gasteiger partial charge is 0.235 e. The first-order valence-electron chi connectivity index (χ1n) is 6.43. The number of H-pyrrole nitrogens is 1. The van der Waals surface area contributed by atoms with Gasteiger partial charge in [-0.2, -0.15) is 0 Å². The molecule has 3 N–H and O–H groups in total. The molecule has 0 atom stereocenters. The summed E-state index contributed by atoms with van der Waals surface area (Å²) < 4.78 is 0. The Kier molecular flexibility index (Phi) is 2.81. The number of hydrogen-bond acceptors (Lipinski definition) is 6. The molecule has 1 aliphatic carbocycles. The fourth-order valence-electron chi connectivity index (χ4n) is 2.58. The number of aromatic amines is 1. The average molecular weight is 271 g/mol. The Labute approximate surface area is 114 Å². The molecule has 102 valence electrons. The number of carbonyl (C=O) groups excluding carboxylic acids is 2. The van der Waals surface area contributed by atoms with Crippen LogP contribution in [0.1, 0.15) is 46.0 Å². The zero-order valence-corrected chi connectivity index (χ0v) is 10.9. The Balaban J connectivity index is 2.25. The van der Waals surface area contributed by atoms with E-state index in [9.17, 15) is 9.59 Å². The number of nitrogen functional groups attached to an aromatic ring is 1. The van der Waals surface area contributed by atoms with Crippen molar-refractivity contribution in [1.82, 2.24) is 20.6 Å². The molecule has 1 aliphatic rings. The van der Waals surface area contributed by atoms with Gasteiger partial charge in [-0.1, -0.05) is 13.3 Å². The van der Waals surface area contributed by atoms with Crippen molar-refractivity contribution in [3.8, 4) is 11.4 Å². The quantitative estimate of drug-likeness (QED) is 0.637. The summed E-state index contributed by atoms with van der Waals surface area (Å²) in [5.74, 6) is -0.699. The predicted octanol–water partition coefficient (Wildman–Crippen LogP) is 1.17. The summed E-state index contributed by atoms with van der Waals surface area (Å²) in [5.41, 5.74) is 8.23. The minimum Gasteiger partial charge on any atom is -0.398 e. The van der Waals surface area contributed by atoms with Gasteiger partial charge in [0.05, 0.1) is 5.56 Å². The van der Waals surface area contributed by atoms with Gasteiger partial charge in [0, 0.05) is 16.8 Å². The van der Waals surface area contributed by atoms with Gasteiger partial charge in [-0.3, -0.25) is 9.59 Å². The fourth-order valence-corrected chi connectivity index (χ4v) is 2.58. The van der Waals surface area contributed by atoms with E-state index < -0.39 is 11.6 Å². The van der Waals surface area contributed by atoms with Crippen LogP contribution in [0, 0.1) is 0 Å². The molecule has 0 amide bonds. The van der Waals surface area contributed by atoms with Crippen LogP contribution in [-0.2, 0) is 6.42 Å². The molecule has 1 heterocycles. The Hall–Kier alpha value is -2.57. The van der Waals surface area contributed by atoms with Gasteiger partial charge in [0.15, 0.2) is 5.82 Å². The number of hydrogen-bond donors (Lipinski definition) is 2. The summed E-state index contributed by atoms with van der Waals surface area (Å²) in [6.45, 7) is 2.05. The van der Waals surface area contributed by atoms with E-state index >= 15 is 0 Å². The molecule has 0 fully saturated rings. The molecular formula is C13H13N5O2. The zero-order valence-electron chi connectivity index (χ0n) is 10.9. The van der Waals surface area contributed by atoms with E-state index in [1.165, 1.54) is 0 Å². The number of nitrogens with one attached hydrogen (secondary N) is 1. The molecule has 0 spiro atoms. The Bertz CT molecular complexity index is 706. The number of rotatable bonds is 4. The Morgan fingerprint density at radius 2 is 2.00 bits per heavy atom. The van der Waals surface area contributed by atoms with Crippen molar-refractivity contribution in [3.63, 3.8) is 0 Å². The second kappa shape index (κ2) is 4.52. The lowest BCUT2D eigenvalue weighted by atomic mass is 9.96. The second-order valence-electron chi connectivity index (χ2n) is 4.75. The molecule has 1 aromatic heterocycles. The van der Waals surface area contributed by atoms with Gasteiger partial charge in [-0.15, -0.1) is 5.10 Å². The summed E-state index contributed by atoms with van der Waals surface area (Å²) in [7, 11) is 0. The van der Waals surface area contributed by atoms with Gasteiger partial charge >= 0.3 is 0 Å². The van der Waals surface area contributed by atoms with Gasteiger partial charge < -0.3 is 5.73 Å². The Morgan fingerprint density at radius 1 is 1.25 bits per heavy atom. The van der Waals surface area contributed by atoms with Crippen LogP contribution >= 0.6 is 0 Å². The molecule has 20 heavy (non-hydrogen) atoms. The van der Waals surface area contributed by atoms with Crippen molar-refractivity contribution in [2.24, 2.45) is 0 Å². The maximum absolute atomic E-state index is 12.2. The highest BCUT2D eigenvalue weighted by atomic mass is 16.2. The van der Waals surface area contributed by atoms with Crippen LogP contribution in [0.25, 0.3) is 11.4 Å². The SMILES string of the molecule is CCCCc1c2c(N)cc(-c3nnn[nH]3)c1C(=O)C2=O. The van der Waals surface area contributed by atoms with Crippen molar-refractivity contribution in [2.45, 2.75) is 26.2 Å². The van der Waals surface area contributed by atoms with Crippen molar-refractivity contribution >= 4 is 17.3 Å². The van der Waals surface area contributed by atoms with E-state index in [0.29, 0.717) is 34.6 Å². The zero-order chi connectivity index (χ0) is 14.3. The molecule has 0 aliphatic heterocycles. The van der Waals surface area contributed by atoms with Gasteiger partial charge in [-0.25, -0.2) is 5.10 Å². The summed E-state index contributed by atoms with van der Waals surface area (Å²) in [6, 6.07) is 1.59. The van der Waals surface area contributed by atoms with E-state index in [1.807, 2.05) is 0 Å². The number of aromatic nitrogens is 4. The topological polar surface area (TPSA) is 115 Å². The molecule has 2 aromatic rings. The monoisotopic (exact) mass is 271 g/mol. The minimum atomic E-state index is -0.526. The number of nitrogens with zero attached hydrogens (tertiary/aromatic N) is 3. The van der Waals surface area contributed by atoms with Crippen LogP contribution in [0.15, 0.2) is 6.07 Å². The molecule has 2 bridgehead atoms. The summed E-state index contributed by atoms with van der Waals surface area (Å²) in [4.78, 5) is 24.3. The average Bonchev–Trinajstić information content (AvgIpc) is 3.02. The van der Waals surface area contributed by atoms with Crippen LogP contribution < -0.4 is 5.73 Å². The van der Waals surface area contributed by atoms with E-state index in [-0.39, 0.29) is 0 Å². The van der Waals surface area contributed by atoms with E-state index in [0.717, 1.165) is 18.4 Å². The third-order valence-electron chi connectivity index (χ3n) is 3.50. The number of Topliss-reactive ketones (excluding diaryl/α,β-unsaturated/α-hetero) is 2. The normalized spacial score (nSPS) is 13.2. The lowest BCUT2D eigenvalue weighted by Gasteiger charge is -2.09. The molecule has 1 aromatic carbocycles. The van der Waals surface area contributed by atoms with E-state index in [4.69, 9.17) is 5.73 Å². The molecule has 0 unspecified atom stereocenters. The van der Waals surface area contributed by atoms with Crippen molar-refractivity contribution in [2.75, 3.05) is 5.73 Å². The lowest BCUT2D eigenvalue weighted by Crippen LogP contribution is -2.07. The molecular weight excluding hydrogens is 258 g/mol. The molecule has 7 nitrogen and oxygen atoms in total. The van der Waals surface area contributed by atoms with Crippen molar-refractivity contribution in [1.29, 1.82) is 0 Å². The standard InChI is InChI=1S/C13H13N5O2/c1-2-3-4-6-9-7(13-15-17-18-16-13)5-8(14)10(6)12(20)11(9)19/h5H,2-4,14H2,1H3,(H,15,16,17,18). The number of carbonyl (C=O) groups is 2. The highest BCUT2D eigenvalue weighted by Crippen LogP contribution is 2.38. The van der Waals surface area contributed by atoms with Crippen molar-refractivity contribution in [3.05, 3.63) is 22.8 Å². The van der Waals surface area contributed by atoms with Crippen LogP contribution in [0.4, 0.5) is 5.69 Å². The summed E-state index contributed by atoms with van der Waals surface area (Å²) in [5, 5.41) is 13.4. The van der Waals surface area contributed by atoms with Gasteiger partial charge in [0.2, 0.25) is 11.6 Å². The van der Waals surface area contributed by atoms with Crippen LogP contribution in [0.2, 0.25) is 0 Å². The number of anilines is 1. The first-order chi connectivity index (χ1) is 9.65. The molecule has 0 saturated heterocycles. The third kappa shape index (κ3) is 1.63. The lowest BCUT2D eigenvalue weighted by molar-refractivity contribution is 0.0826. The number of nitrogens with two attached hydrogens (primary N) is 1. The second-order valence-corrected chi connectivity index (χ2v) is 4.75. The maximum Gasteiger partial charge on any atom is 0.235 e. The largest absolute Gasteiger partial charge is 0.398 e. The third-order valence-corrected chi connectivity index (χ3v) is 3.50. The molecule has 7 heteroatoms. The fraction of sp³-hybridized carbons (Fsp3) is 0.308. The van der Waals surface area contributed by atoms with Gasteiger partial charge in [-0.05, 0) is 34.9 Å². The first-order valence-corrected chi connectivity index (χ1v) is 6.43. The number of ketones is 2. The highest BCUT2D eigenvalue weighted by molar-refractivity contribution is 6.55. The van der Waals surface area contributed by atoms with Gasteiger partial charge in [0.25, 0.3) is 0 Å². The van der Waals surface area contributed by atoms with Gasteiger partial charge in [0.1, 0.15) is 0 Å². The van der Waals surface area contributed by atoms with Crippen LogP contribution in [0.3, 0.4) is 0 Å². The van der Waals surface area contributed by atoms with Crippen LogP contribution in [-0.4, -0.2) is 32.2 Å². The molecule has 0 saturated carbocycles. The van der Waals surface area contributed by atoms with Crippen LogP contribution in [0.5, 0.6) is 0 Å². The number of unbranched alkanes of at least 4 members (excludes halogenated alkanes) is 1. The number of benzene rings is 1. The number of tetrazole rings is 1. The summed E-state index contributed by atoms with van der Waals surface area (Å²) in [6.07, 6.45) is 2.51. The molecule has 0 radical (unpaired) electrons. The Morgan fingerprint density at radius 3 is 2.65 bits per heavy atom. The van der Waals surface area contributed by atoms with Crippen molar-refractivity contribution < 1.29 is 9.59 Å². The highest BCUT2D eigenvalue weighted by Gasteiger charge is 2.37. The number of fused-ring (bicyclic) bond motifs is 2. The first kappa shape index (κ1) is 12.5. The maximum atomic E-state index is 12.2. The molecule has 3 rings (SSSR count). The predicted molar refractivity (Wildman–Crippen MR) is 71.3 cm³/mol. The van der Waals surface area contributed by atoms with E-state index in [1.54, 1.807) is 6.07 Å². The minimum absolute atomic E-state index is 0.308.